The van der Waals surface area contributed by atoms with E-state index in [2.05, 4.69) is 16.0 Å². The Hall–Kier alpha value is -1.30. The van der Waals surface area contributed by atoms with Crippen molar-refractivity contribution >= 4 is 41.5 Å². The first-order valence-corrected chi connectivity index (χ1v) is 8.00. The molecule has 1 saturated heterocycles. The van der Waals surface area contributed by atoms with Gasteiger partial charge in [-0.2, -0.15) is 0 Å². The van der Waals surface area contributed by atoms with Gasteiger partial charge >= 0.3 is 0 Å². The summed E-state index contributed by atoms with van der Waals surface area (Å²) in [6.45, 7) is 6.20. The summed E-state index contributed by atoms with van der Waals surface area (Å²) in [4.78, 5) is 24.5. The third-order valence-electron chi connectivity index (χ3n) is 3.95. The molecule has 0 bridgehead atoms. The number of carbonyl (C=O) groups is 2. The van der Waals surface area contributed by atoms with E-state index in [1.807, 2.05) is 13.8 Å². The Kier molecular flexibility index (Phi) is 7.82. The summed E-state index contributed by atoms with van der Waals surface area (Å²) in [6.07, 6.45) is 0.854. The normalized spacial score (nSPS) is 15.1. The number of rotatable bonds is 6. The van der Waals surface area contributed by atoms with Gasteiger partial charge in [-0.1, -0.05) is 25.4 Å². The quantitative estimate of drug-likeness (QED) is 0.731. The summed E-state index contributed by atoms with van der Waals surface area (Å²) >= 11 is 6.00. The van der Waals surface area contributed by atoms with Crippen molar-refractivity contribution < 1.29 is 9.59 Å². The summed E-state index contributed by atoms with van der Waals surface area (Å²) in [5.74, 6) is -0.0478. The van der Waals surface area contributed by atoms with Crippen LogP contribution < -0.4 is 16.0 Å². The maximum Gasteiger partial charge on any atom is 0.253 e. The highest BCUT2D eigenvalue weighted by Crippen LogP contribution is 2.24. The van der Waals surface area contributed by atoms with Gasteiger partial charge in [0.2, 0.25) is 5.91 Å². The van der Waals surface area contributed by atoms with Gasteiger partial charge in [0.15, 0.2) is 0 Å². The molecule has 7 heteroatoms. The van der Waals surface area contributed by atoms with Crippen molar-refractivity contribution in [2.24, 2.45) is 11.8 Å². The molecule has 0 aromatic heterocycles. The molecule has 2 rings (SSSR count). The highest BCUT2D eigenvalue weighted by molar-refractivity contribution is 6.31. The molecule has 1 aromatic rings. The molecule has 1 aliphatic rings. The first-order chi connectivity index (χ1) is 10.5. The average Bonchev–Trinajstić information content (AvgIpc) is 2.43. The van der Waals surface area contributed by atoms with Crippen LogP contribution in [0, 0.1) is 11.8 Å². The van der Waals surface area contributed by atoms with Crippen LogP contribution in [-0.4, -0.2) is 31.4 Å². The van der Waals surface area contributed by atoms with Gasteiger partial charge in [-0.15, -0.1) is 12.4 Å². The van der Waals surface area contributed by atoms with E-state index in [0.717, 1.165) is 19.5 Å². The second-order valence-electron chi connectivity index (χ2n) is 5.64. The van der Waals surface area contributed by atoms with Crippen LogP contribution >= 0.6 is 24.0 Å². The second-order valence-corrected chi connectivity index (χ2v) is 6.08. The summed E-state index contributed by atoms with van der Waals surface area (Å²) in [5, 5.41) is 9.30. The molecular weight excluding hydrogens is 337 g/mol. The molecular formula is C16H23Cl2N3O2. The van der Waals surface area contributed by atoms with Crippen LogP contribution in [-0.2, 0) is 4.79 Å². The van der Waals surface area contributed by atoms with Gasteiger partial charge in [0.05, 0.1) is 11.3 Å². The van der Waals surface area contributed by atoms with Gasteiger partial charge in [-0.3, -0.25) is 9.59 Å². The maximum atomic E-state index is 12.3. The minimum atomic E-state index is -0.202. The van der Waals surface area contributed by atoms with Crippen LogP contribution in [0.15, 0.2) is 18.2 Å². The van der Waals surface area contributed by atoms with Crippen molar-refractivity contribution in [1.29, 1.82) is 0 Å². The second kappa shape index (κ2) is 9.11. The van der Waals surface area contributed by atoms with Gasteiger partial charge in [0, 0.05) is 17.5 Å². The molecule has 3 N–H and O–H groups in total. The lowest BCUT2D eigenvalue weighted by Crippen LogP contribution is -2.48. The van der Waals surface area contributed by atoms with E-state index in [9.17, 15) is 9.59 Å². The summed E-state index contributed by atoms with van der Waals surface area (Å²) in [6, 6.07) is 4.90. The van der Waals surface area contributed by atoms with Crippen LogP contribution in [0.2, 0.25) is 5.02 Å². The van der Waals surface area contributed by atoms with E-state index < -0.39 is 0 Å². The lowest BCUT2D eigenvalue weighted by atomic mass is 9.88. The van der Waals surface area contributed by atoms with Crippen LogP contribution in [0.4, 0.5) is 5.69 Å². The monoisotopic (exact) mass is 359 g/mol. The van der Waals surface area contributed by atoms with Gasteiger partial charge in [-0.25, -0.2) is 0 Å². The number of anilines is 1. The number of benzene rings is 1. The molecule has 0 spiro atoms. The Morgan fingerprint density at radius 3 is 2.65 bits per heavy atom. The van der Waals surface area contributed by atoms with Gasteiger partial charge in [0.1, 0.15) is 0 Å². The van der Waals surface area contributed by atoms with Crippen molar-refractivity contribution in [3.05, 3.63) is 28.8 Å². The molecule has 1 aliphatic heterocycles. The van der Waals surface area contributed by atoms with Crippen LogP contribution in [0.5, 0.6) is 0 Å². The van der Waals surface area contributed by atoms with E-state index >= 15 is 0 Å². The molecule has 23 heavy (non-hydrogen) atoms. The van der Waals surface area contributed by atoms with E-state index in [1.165, 1.54) is 0 Å². The van der Waals surface area contributed by atoms with Crippen molar-refractivity contribution in [2.45, 2.75) is 20.3 Å². The molecule has 1 aromatic carbocycles. The van der Waals surface area contributed by atoms with E-state index in [-0.39, 0.29) is 30.1 Å². The first kappa shape index (κ1) is 19.7. The van der Waals surface area contributed by atoms with E-state index in [0.29, 0.717) is 28.7 Å². The highest BCUT2D eigenvalue weighted by Gasteiger charge is 2.29. The van der Waals surface area contributed by atoms with Crippen molar-refractivity contribution in [1.82, 2.24) is 10.6 Å². The standard InChI is InChI=1S/C16H22ClN3O2.ClH/c1-3-6-19-16(22)13-5-4-12(17)7-14(13)20-15(21)10(2)11-8-18-9-11;/h4-5,7,10-11,18H,3,6,8-9H2,1-2H3,(H,19,22)(H,20,21);1H. The number of nitrogens with one attached hydrogen (secondary N) is 3. The predicted octanol–water partition coefficient (Wildman–Crippen LogP) is 2.70. The Labute approximate surface area is 148 Å². The summed E-state index contributed by atoms with van der Waals surface area (Å²) in [5.41, 5.74) is 0.898. The third-order valence-corrected chi connectivity index (χ3v) is 4.19. The molecule has 1 fully saturated rings. The molecule has 128 valence electrons. The Morgan fingerprint density at radius 2 is 2.09 bits per heavy atom. The first-order valence-electron chi connectivity index (χ1n) is 7.62. The van der Waals surface area contributed by atoms with Crippen LogP contribution in [0.3, 0.4) is 0 Å². The third kappa shape index (κ3) is 5.09. The number of carbonyl (C=O) groups excluding carboxylic acids is 2. The summed E-state index contributed by atoms with van der Waals surface area (Å²) in [7, 11) is 0. The molecule has 2 amide bonds. The molecule has 0 saturated carbocycles. The molecule has 1 heterocycles. The zero-order valence-electron chi connectivity index (χ0n) is 13.3. The SMILES string of the molecule is CCCNC(=O)c1ccc(Cl)cc1NC(=O)C(C)C1CNC1.Cl. The smallest absolute Gasteiger partial charge is 0.253 e. The van der Waals surface area contributed by atoms with Crippen molar-refractivity contribution in [3.8, 4) is 0 Å². The lowest BCUT2D eigenvalue weighted by molar-refractivity contribution is -0.121. The molecule has 1 atom stereocenters. The van der Waals surface area contributed by atoms with Gasteiger partial charge < -0.3 is 16.0 Å². The zero-order valence-corrected chi connectivity index (χ0v) is 14.9. The highest BCUT2D eigenvalue weighted by atomic mass is 35.5. The average molecular weight is 360 g/mol. The fraction of sp³-hybridized carbons (Fsp3) is 0.500. The van der Waals surface area contributed by atoms with Gasteiger partial charge in [-0.05, 0) is 43.6 Å². The molecule has 0 radical (unpaired) electrons. The van der Waals surface area contributed by atoms with Crippen LogP contribution in [0.1, 0.15) is 30.6 Å². The minimum Gasteiger partial charge on any atom is -0.352 e. The number of hydrogen-bond donors (Lipinski definition) is 3. The fourth-order valence-corrected chi connectivity index (χ4v) is 2.45. The molecule has 5 nitrogen and oxygen atoms in total. The molecule has 1 unspecified atom stereocenters. The van der Waals surface area contributed by atoms with E-state index in [1.54, 1.807) is 18.2 Å². The summed E-state index contributed by atoms with van der Waals surface area (Å²) < 4.78 is 0. The zero-order chi connectivity index (χ0) is 16.1. The Bertz CT molecular complexity index is 562. The number of amides is 2. The Balaban J connectivity index is 0.00000264. The van der Waals surface area contributed by atoms with Crippen LogP contribution in [0.25, 0.3) is 0 Å². The largest absolute Gasteiger partial charge is 0.352 e. The van der Waals surface area contributed by atoms with Gasteiger partial charge in [0.25, 0.3) is 5.91 Å². The van der Waals surface area contributed by atoms with Crippen molar-refractivity contribution in [2.75, 3.05) is 25.0 Å². The minimum absolute atomic E-state index is 0. The Morgan fingerprint density at radius 1 is 1.39 bits per heavy atom. The topological polar surface area (TPSA) is 70.2 Å². The lowest BCUT2D eigenvalue weighted by Gasteiger charge is -2.31. The molecule has 0 aliphatic carbocycles. The predicted molar refractivity (Wildman–Crippen MR) is 95.5 cm³/mol. The fourth-order valence-electron chi connectivity index (χ4n) is 2.28. The maximum absolute atomic E-state index is 12.3. The number of halogens is 2. The van der Waals surface area contributed by atoms with Crippen molar-refractivity contribution in [3.63, 3.8) is 0 Å². The van der Waals surface area contributed by atoms with E-state index in [4.69, 9.17) is 11.6 Å². The number of hydrogen-bond acceptors (Lipinski definition) is 3.